The van der Waals surface area contributed by atoms with Gasteiger partial charge in [0.2, 0.25) is 0 Å². The van der Waals surface area contributed by atoms with Crippen LogP contribution in [0, 0.1) is 11.7 Å². The van der Waals surface area contributed by atoms with Gasteiger partial charge in [0.15, 0.2) is 0 Å². The number of hydrogen-bond acceptors (Lipinski definition) is 3. The first kappa shape index (κ1) is 15.4. The maximum atomic E-state index is 12.9. The van der Waals surface area contributed by atoms with Gasteiger partial charge in [-0.05, 0) is 63.6 Å². The minimum absolute atomic E-state index is 0.00991. The molecule has 4 heteroatoms. The summed E-state index contributed by atoms with van der Waals surface area (Å²) < 4.78 is 12.9. The van der Waals surface area contributed by atoms with Crippen LogP contribution in [0.25, 0.3) is 0 Å². The lowest BCUT2D eigenvalue weighted by Gasteiger charge is -2.22. The number of likely N-dealkylation sites (tertiary alicyclic amines) is 1. The molecular formula is C16H26FN3. The van der Waals surface area contributed by atoms with Crippen molar-refractivity contribution in [2.45, 2.75) is 18.9 Å². The Morgan fingerprint density at radius 2 is 2.10 bits per heavy atom. The summed E-state index contributed by atoms with van der Waals surface area (Å²) in [6.45, 7) is 4.54. The van der Waals surface area contributed by atoms with E-state index in [0.29, 0.717) is 0 Å². The minimum Gasteiger partial charge on any atom is -0.324 e. The Morgan fingerprint density at radius 1 is 1.40 bits per heavy atom. The van der Waals surface area contributed by atoms with Gasteiger partial charge in [-0.15, -0.1) is 0 Å². The van der Waals surface area contributed by atoms with Gasteiger partial charge in [0.25, 0.3) is 0 Å². The van der Waals surface area contributed by atoms with Gasteiger partial charge in [-0.1, -0.05) is 12.1 Å². The first-order valence-corrected chi connectivity index (χ1v) is 7.42. The van der Waals surface area contributed by atoms with Crippen molar-refractivity contribution in [2.75, 3.05) is 40.3 Å². The second kappa shape index (κ2) is 7.16. The molecule has 3 nitrogen and oxygen atoms in total. The molecule has 2 N–H and O–H groups in total. The van der Waals surface area contributed by atoms with Crippen molar-refractivity contribution in [3.8, 4) is 0 Å². The van der Waals surface area contributed by atoms with Crippen LogP contribution >= 0.6 is 0 Å². The SMILES string of the molecule is CN1CCC(CN(C)CCC(N)c2ccc(F)cc2)C1. The summed E-state index contributed by atoms with van der Waals surface area (Å²) in [7, 11) is 4.35. The van der Waals surface area contributed by atoms with Gasteiger partial charge in [0.05, 0.1) is 0 Å². The zero-order valence-electron chi connectivity index (χ0n) is 12.6. The van der Waals surface area contributed by atoms with Gasteiger partial charge < -0.3 is 15.5 Å². The Morgan fingerprint density at radius 3 is 2.70 bits per heavy atom. The molecule has 0 amide bonds. The molecule has 0 aromatic heterocycles. The van der Waals surface area contributed by atoms with Crippen LogP contribution in [-0.2, 0) is 0 Å². The lowest BCUT2D eigenvalue weighted by Crippen LogP contribution is -2.30. The van der Waals surface area contributed by atoms with E-state index in [2.05, 4.69) is 23.9 Å². The maximum absolute atomic E-state index is 12.9. The third kappa shape index (κ3) is 4.54. The Kier molecular flexibility index (Phi) is 5.52. The smallest absolute Gasteiger partial charge is 0.123 e. The van der Waals surface area contributed by atoms with Gasteiger partial charge in [0, 0.05) is 19.1 Å². The molecule has 1 saturated heterocycles. The molecule has 1 aromatic rings. The standard InChI is InChI=1S/C16H26FN3/c1-19-9-7-13(11-19)12-20(2)10-8-16(18)14-3-5-15(17)6-4-14/h3-6,13,16H,7-12,18H2,1-2H3. The highest BCUT2D eigenvalue weighted by molar-refractivity contribution is 5.19. The average molecular weight is 279 g/mol. The maximum Gasteiger partial charge on any atom is 0.123 e. The molecule has 0 spiro atoms. The summed E-state index contributed by atoms with van der Waals surface area (Å²) in [5.74, 6) is 0.579. The molecule has 1 heterocycles. The molecule has 0 bridgehead atoms. The van der Waals surface area contributed by atoms with E-state index in [0.717, 1.165) is 31.0 Å². The van der Waals surface area contributed by atoms with Crippen molar-refractivity contribution in [3.05, 3.63) is 35.6 Å². The highest BCUT2D eigenvalue weighted by atomic mass is 19.1. The summed E-state index contributed by atoms with van der Waals surface area (Å²) in [5, 5.41) is 0. The number of benzene rings is 1. The van der Waals surface area contributed by atoms with Crippen LogP contribution < -0.4 is 5.73 Å². The number of nitrogens with two attached hydrogens (primary N) is 1. The molecule has 2 atom stereocenters. The van der Waals surface area contributed by atoms with Crippen LogP contribution in [-0.4, -0.2) is 50.1 Å². The van der Waals surface area contributed by atoms with Crippen LogP contribution in [0.1, 0.15) is 24.4 Å². The molecule has 2 unspecified atom stereocenters. The molecule has 0 radical (unpaired) electrons. The summed E-state index contributed by atoms with van der Waals surface area (Å²) in [5.41, 5.74) is 7.18. The van der Waals surface area contributed by atoms with E-state index in [1.165, 1.54) is 31.6 Å². The highest BCUT2D eigenvalue weighted by Crippen LogP contribution is 2.17. The van der Waals surface area contributed by atoms with Crippen LogP contribution in [0.2, 0.25) is 0 Å². The van der Waals surface area contributed by atoms with E-state index in [-0.39, 0.29) is 11.9 Å². The fraction of sp³-hybridized carbons (Fsp3) is 0.625. The average Bonchev–Trinajstić information content (AvgIpc) is 2.82. The summed E-state index contributed by atoms with van der Waals surface area (Å²) >= 11 is 0. The molecule has 1 fully saturated rings. The van der Waals surface area contributed by atoms with E-state index in [9.17, 15) is 4.39 Å². The number of rotatable bonds is 6. The third-order valence-corrected chi connectivity index (χ3v) is 4.18. The fourth-order valence-corrected chi connectivity index (χ4v) is 2.94. The number of hydrogen-bond donors (Lipinski definition) is 1. The molecule has 1 aliphatic rings. The normalized spacial score (nSPS) is 21.6. The van der Waals surface area contributed by atoms with E-state index in [1.54, 1.807) is 12.1 Å². The number of halogens is 1. The molecular weight excluding hydrogens is 253 g/mol. The lowest BCUT2D eigenvalue weighted by atomic mass is 10.0. The highest BCUT2D eigenvalue weighted by Gasteiger charge is 2.20. The van der Waals surface area contributed by atoms with Crippen LogP contribution in [0.3, 0.4) is 0 Å². The summed E-state index contributed by atoms with van der Waals surface area (Å²) in [6.07, 6.45) is 2.20. The second-order valence-electron chi connectivity index (χ2n) is 6.13. The fourth-order valence-electron chi connectivity index (χ4n) is 2.94. The molecule has 20 heavy (non-hydrogen) atoms. The zero-order chi connectivity index (χ0) is 14.5. The van der Waals surface area contributed by atoms with E-state index < -0.39 is 0 Å². The molecule has 112 valence electrons. The number of nitrogens with zero attached hydrogens (tertiary/aromatic N) is 2. The van der Waals surface area contributed by atoms with Gasteiger partial charge in [0.1, 0.15) is 5.82 Å². The Balaban J connectivity index is 1.72. The van der Waals surface area contributed by atoms with Crippen molar-refractivity contribution in [2.24, 2.45) is 11.7 Å². The van der Waals surface area contributed by atoms with Crippen LogP contribution in [0.15, 0.2) is 24.3 Å². The Bertz CT molecular complexity index is 407. The van der Waals surface area contributed by atoms with Crippen molar-refractivity contribution in [1.82, 2.24) is 9.80 Å². The Labute approximate surface area is 121 Å². The predicted octanol–water partition coefficient (Wildman–Crippen LogP) is 2.10. The quantitative estimate of drug-likeness (QED) is 0.865. The first-order valence-electron chi connectivity index (χ1n) is 7.42. The molecule has 1 aliphatic heterocycles. The van der Waals surface area contributed by atoms with E-state index in [4.69, 9.17) is 5.73 Å². The Hall–Kier alpha value is -0.970. The zero-order valence-corrected chi connectivity index (χ0v) is 12.6. The van der Waals surface area contributed by atoms with E-state index >= 15 is 0 Å². The molecule has 1 aromatic carbocycles. The van der Waals surface area contributed by atoms with E-state index in [1.807, 2.05) is 0 Å². The van der Waals surface area contributed by atoms with Gasteiger partial charge >= 0.3 is 0 Å². The van der Waals surface area contributed by atoms with Crippen LogP contribution in [0.4, 0.5) is 4.39 Å². The monoisotopic (exact) mass is 279 g/mol. The van der Waals surface area contributed by atoms with Crippen molar-refractivity contribution >= 4 is 0 Å². The second-order valence-corrected chi connectivity index (χ2v) is 6.13. The van der Waals surface area contributed by atoms with Crippen molar-refractivity contribution in [1.29, 1.82) is 0 Å². The topological polar surface area (TPSA) is 32.5 Å². The summed E-state index contributed by atoms with van der Waals surface area (Å²) in [6, 6.07) is 6.52. The largest absolute Gasteiger partial charge is 0.324 e. The minimum atomic E-state index is -0.205. The predicted molar refractivity (Wildman–Crippen MR) is 81.0 cm³/mol. The first-order chi connectivity index (χ1) is 9.54. The molecule has 2 rings (SSSR count). The van der Waals surface area contributed by atoms with Gasteiger partial charge in [-0.25, -0.2) is 4.39 Å². The van der Waals surface area contributed by atoms with Gasteiger partial charge in [-0.3, -0.25) is 0 Å². The summed E-state index contributed by atoms with van der Waals surface area (Å²) in [4.78, 5) is 4.76. The molecule has 0 aliphatic carbocycles. The van der Waals surface area contributed by atoms with Gasteiger partial charge in [-0.2, -0.15) is 0 Å². The van der Waals surface area contributed by atoms with Crippen LogP contribution in [0.5, 0.6) is 0 Å². The van der Waals surface area contributed by atoms with Crippen molar-refractivity contribution in [3.63, 3.8) is 0 Å². The lowest BCUT2D eigenvalue weighted by molar-refractivity contribution is 0.265. The van der Waals surface area contributed by atoms with Crippen molar-refractivity contribution < 1.29 is 4.39 Å². The molecule has 0 saturated carbocycles. The third-order valence-electron chi connectivity index (χ3n) is 4.18.